The fourth-order valence-electron chi connectivity index (χ4n) is 2.41. The third-order valence-corrected chi connectivity index (χ3v) is 3.48. The highest BCUT2D eigenvalue weighted by Crippen LogP contribution is 2.23. The summed E-state index contributed by atoms with van der Waals surface area (Å²) in [5, 5.41) is 2.54. The van der Waals surface area contributed by atoms with E-state index in [0.29, 0.717) is 0 Å². The van der Waals surface area contributed by atoms with Gasteiger partial charge in [-0.3, -0.25) is 0 Å². The van der Waals surface area contributed by atoms with Gasteiger partial charge in [0.05, 0.1) is 0 Å². The van der Waals surface area contributed by atoms with Gasteiger partial charge in [-0.05, 0) is 23.3 Å². The van der Waals surface area contributed by atoms with Gasteiger partial charge >= 0.3 is 0 Å². The lowest BCUT2D eigenvalue weighted by Crippen LogP contribution is -1.99. The van der Waals surface area contributed by atoms with Gasteiger partial charge < -0.3 is 4.57 Å². The number of aryl methyl sites for hydroxylation is 1. The van der Waals surface area contributed by atoms with E-state index in [2.05, 4.69) is 65.1 Å². The van der Waals surface area contributed by atoms with E-state index < -0.39 is 0 Å². The second-order valence-corrected chi connectivity index (χ2v) is 4.86. The zero-order valence-electron chi connectivity index (χ0n) is 11.2. The fraction of sp³-hybridized carbons (Fsp3) is 0.235. The van der Waals surface area contributed by atoms with Gasteiger partial charge in [0, 0.05) is 24.5 Å². The Hall–Kier alpha value is -2.09. The van der Waals surface area contributed by atoms with E-state index in [1.165, 1.54) is 29.2 Å². The zero-order chi connectivity index (χ0) is 13.1. The summed E-state index contributed by atoms with van der Waals surface area (Å²) in [4.78, 5) is 4.51. The molecule has 0 atom stereocenters. The number of nitrogens with zero attached hydrogens (tertiary/aromatic N) is 2. The molecule has 0 aliphatic carbocycles. The molecule has 0 radical (unpaired) electrons. The van der Waals surface area contributed by atoms with Crippen LogP contribution in [0.25, 0.3) is 22.2 Å². The SMILES string of the molecule is CCCCn1ccnc1-c1ccc2ccccc2c1. The predicted octanol–water partition coefficient (Wildman–Crippen LogP) is 4.50. The summed E-state index contributed by atoms with van der Waals surface area (Å²) in [7, 11) is 0. The summed E-state index contributed by atoms with van der Waals surface area (Å²) >= 11 is 0. The molecule has 0 bridgehead atoms. The lowest BCUT2D eigenvalue weighted by atomic mass is 10.1. The molecule has 3 rings (SSSR count). The molecular formula is C17H18N2. The molecule has 0 aliphatic heterocycles. The molecule has 0 saturated heterocycles. The predicted molar refractivity (Wildman–Crippen MR) is 80.1 cm³/mol. The van der Waals surface area contributed by atoms with Crippen molar-refractivity contribution >= 4 is 10.8 Å². The van der Waals surface area contributed by atoms with Crippen LogP contribution < -0.4 is 0 Å². The van der Waals surface area contributed by atoms with E-state index in [-0.39, 0.29) is 0 Å². The summed E-state index contributed by atoms with van der Waals surface area (Å²) in [6.07, 6.45) is 6.35. The average molecular weight is 250 g/mol. The van der Waals surface area contributed by atoms with Crippen LogP contribution in [0, 0.1) is 0 Å². The summed E-state index contributed by atoms with van der Waals surface area (Å²) in [6.45, 7) is 3.26. The van der Waals surface area contributed by atoms with Crippen LogP contribution in [-0.4, -0.2) is 9.55 Å². The Bertz CT molecular complexity index is 682. The van der Waals surface area contributed by atoms with Crippen LogP contribution in [0.15, 0.2) is 54.9 Å². The first-order valence-electron chi connectivity index (χ1n) is 6.89. The molecule has 2 aromatic carbocycles. The third-order valence-electron chi connectivity index (χ3n) is 3.48. The van der Waals surface area contributed by atoms with Gasteiger partial charge in [0.15, 0.2) is 0 Å². The number of rotatable bonds is 4. The first-order chi connectivity index (χ1) is 9.38. The monoisotopic (exact) mass is 250 g/mol. The van der Waals surface area contributed by atoms with Crippen LogP contribution in [0.4, 0.5) is 0 Å². The molecule has 2 heteroatoms. The topological polar surface area (TPSA) is 17.8 Å². The molecule has 0 unspecified atom stereocenters. The average Bonchev–Trinajstić information content (AvgIpc) is 2.93. The number of imidazole rings is 1. The van der Waals surface area contributed by atoms with E-state index in [1.807, 2.05) is 6.20 Å². The molecule has 3 aromatic rings. The maximum absolute atomic E-state index is 4.51. The molecule has 1 aromatic heterocycles. The third kappa shape index (κ3) is 2.39. The van der Waals surface area contributed by atoms with Crippen molar-refractivity contribution < 1.29 is 0 Å². The van der Waals surface area contributed by atoms with Crippen molar-refractivity contribution in [3.63, 3.8) is 0 Å². The van der Waals surface area contributed by atoms with Crippen LogP contribution in [-0.2, 0) is 6.54 Å². The van der Waals surface area contributed by atoms with Gasteiger partial charge in [-0.1, -0.05) is 49.7 Å². The number of benzene rings is 2. The van der Waals surface area contributed by atoms with Gasteiger partial charge in [0.1, 0.15) is 5.82 Å². The van der Waals surface area contributed by atoms with Gasteiger partial charge in [0.25, 0.3) is 0 Å². The van der Waals surface area contributed by atoms with Crippen molar-refractivity contribution in [3.05, 3.63) is 54.9 Å². The summed E-state index contributed by atoms with van der Waals surface area (Å²) < 4.78 is 2.24. The van der Waals surface area contributed by atoms with Crippen LogP contribution in [0.1, 0.15) is 19.8 Å². The van der Waals surface area contributed by atoms with Gasteiger partial charge in [-0.15, -0.1) is 0 Å². The lowest BCUT2D eigenvalue weighted by Gasteiger charge is -2.08. The molecule has 0 fully saturated rings. The quantitative estimate of drug-likeness (QED) is 0.666. The van der Waals surface area contributed by atoms with Crippen molar-refractivity contribution in [2.75, 3.05) is 0 Å². The number of fused-ring (bicyclic) bond motifs is 1. The molecule has 96 valence electrons. The molecular weight excluding hydrogens is 232 g/mol. The highest BCUT2D eigenvalue weighted by atomic mass is 15.1. The second-order valence-electron chi connectivity index (χ2n) is 4.86. The Morgan fingerprint density at radius 2 is 1.89 bits per heavy atom. The molecule has 0 spiro atoms. The molecule has 0 saturated carbocycles. The summed E-state index contributed by atoms with van der Waals surface area (Å²) in [5.74, 6) is 1.07. The minimum absolute atomic E-state index is 1.04. The van der Waals surface area contributed by atoms with Crippen LogP contribution in [0.2, 0.25) is 0 Å². The molecule has 19 heavy (non-hydrogen) atoms. The number of hydrogen-bond acceptors (Lipinski definition) is 1. The number of hydrogen-bond donors (Lipinski definition) is 0. The Morgan fingerprint density at radius 1 is 1.05 bits per heavy atom. The van der Waals surface area contributed by atoms with Crippen molar-refractivity contribution in [2.24, 2.45) is 0 Å². The molecule has 2 nitrogen and oxygen atoms in total. The van der Waals surface area contributed by atoms with Crippen molar-refractivity contribution in [1.82, 2.24) is 9.55 Å². The van der Waals surface area contributed by atoms with E-state index >= 15 is 0 Å². The zero-order valence-corrected chi connectivity index (χ0v) is 11.2. The van der Waals surface area contributed by atoms with Gasteiger partial charge in [-0.25, -0.2) is 4.98 Å². The van der Waals surface area contributed by atoms with Crippen LogP contribution in [0.3, 0.4) is 0 Å². The first kappa shape index (κ1) is 12.0. The molecule has 0 N–H and O–H groups in total. The molecule has 0 amide bonds. The highest BCUT2D eigenvalue weighted by molar-refractivity contribution is 5.86. The van der Waals surface area contributed by atoms with Crippen LogP contribution >= 0.6 is 0 Å². The van der Waals surface area contributed by atoms with Crippen LogP contribution in [0.5, 0.6) is 0 Å². The summed E-state index contributed by atoms with van der Waals surface area (Å²) in [6, 6.07) is 15.0. The van der Waals surface area contributed by atoms with E-state index in [0.717, 1.165) is 12.4 Å². The second kappa shape index (κ2) is 5.27. The Labute approximate surface area is 113 Å². The minimum atomic E-state index is 1.04. The van der Waals surface area contributed by atoms with Crippen molar-refractivity contribution in [3.8, 4) is 11.4 Å². The molecule has 1 heterocycles. The van der Waals surface area contributed by atoms with E-state index in [9.17, 15) is 0 Å². The molecule has 0 aliphatic rings. The van der Waals surface area contributed by atoms with E-state index in [4.69, 9.17) is 0 Å². The maximum atomic E-state index is 4.51. The standard InChI is InChI=1S/C17H18N2/c1-2-3-11-19-12-10-18-17(19)16-9-8-14-6-4-5-7-15(14)13-16/h4-10,12-13H,2-3,11H2,1H3. The smallest absolute Gasteiger partial charge is 0.139 e. The largest absolute Gasteiger partial charge is 0.331 e. The Balaban J connectivity index is 2.01. The van der Waals surface area contributed by atoms with Gasteiger partial charge in [0.2, 0.25) is 0 Å². The lowest BCUT2D eigenvalue weighted by molar-refractivity contribution is 0.637. The normalized spacial score (nSPS) is 11.0. The fourth-order valence-corrected chi connectivity index (χ4v) is 2.41. The van der Waals surface area contributed by atoms with E-state index in [1.54, 1.807) is 0 Å². The Kier molecular flexibility index (Phi) is 3.32. The summed E-state index contributed by atoms with van der Waals surface area (Å²) in [5.41, 5.74) is 1.19. The first-order valence-corrected chi connectivity index (χ1v) is 6.89. The van der Waals surface area contributed by atoms with Crippen molar-refractivity contribution in [2.45, 2.75) is 26.3 Å². The number of unbranched alkanes of at least 4 members (excludes halogenated alkanes) is 1. The Morgan fingerprint density at radius 3 is 2.74 bits per heavy atom. The van der Waals surface area contributed by atoms with Gasteiger partial charge in [-0.2, -0.15) is 0 Å². The highest BCUT2D eigenvalue weighted by Gasteiger charge is 2.06. The minimum Gasteiger partial charge on any atom is -0.331 e. The number of aromatic nitrogens is 2. The van der Waals surface area contributed by atoms with Crippen molar-refractivity contribution in [1.29, 1.82) is 0 Å². The maximum Gasteiger partial charge on any atom is 0.139 e.